The first-order valence-electron chi connectivity index (χ1n) is 3.95. The van der Waals surface area contributed by atoms with Crippen molar-refractivity contribution in [1.82, 2.24) is 4.90 Å². The van der Waals surface area contributed by atoms with E-state index >= 15 is 0 Å². The van der Waals surface area contributed by atoms with Crippen molar-refractivity contribution in [3.05, 3.63) is 0 Å². The predicted molar refractivity (Wildman–Crippen MR) is 42.5 cm³/mol. The fourth-order valence-electron chi connectivity index (χ4n) is 1.60. The van der Waals surface area contributed by atoms with Gasteiger partial charge in [-0.15, -0.1) is 0 Å². The van der Waals surface area contributed by atoms with Crippen LogP contribution in [0.15, 0.2) is 0 Å². The van der Waals surface area contributed by atoms with E-state index in [1.165, 1.54) is 0 Å². The van der Waals surface area contributed by atoms with E-state index in [0.717, 1.165) is 12.8 Å². The molecule has 0 saturated carbocycles. The number of likely N-dealkylation sites (N-methyl/N-ethyl adjacent to an activating group) is 1. The second-order valence-corrected chi connectivity index (χ2v) is 3.58. The Labute approximate surface area is 67.0 Å². The Hall–Kier alpha value is -0.570. The van der Waals surface area contributed by atoms with E-state index < -0.39 is 11.5 Å². The summed E-state index contributed by atoms with van der Waals surface area (Å²) >= 11 is 0. The molecule has 2 unspecified atom stereocenters. The lowest BCUT2D eigenvalue weighted by atomic mass is 10.00. The number of carbonyl (C=O) groups is 1. The number of carboxylic acids is 1. The standard InChI is InChI=1S/C8H15NO2/c1-6-4-5-8(2,7(10)11)9(6)3/h6H,4-5H2,1-3H3,(H,10,11). The van der Waals surface area contributed by atoms with Gasteiger partial charge in [-0.2, -0.15) is 0 Å². The van der Waals surface area contributed by atoms with Crippen molar-refractivity contribution in [3.63, 3.8) is 0 Å². The molecule has 2 atom stereocenters. The molecule has 0 aromatic rings. The SMILES string of the molecule is CC1CCC(C)(C(=O)O)N1C. The molecule has 0 aromatic heterocycles. The van der Waals surface area contributed by atoms with Crippen LogP contribution in [0.4, 0.5) is 0 Å². The molecule has 0 bridgehead atoms. The van der Waals surface area contributed by atoms with Crippen molar-refractivity contribution >= 4 is 5.97 Å². The largest absolute Gasteiger partial charge is 0.480 e. The summed E-state index contributed by atoms with van der Waals surface area (Å²) in [6.07, 6.45) is 1.75. The van der Waals surface area contributed by atoms with Gasteiger partial charge in [0.2, 0.25) is 0 Å². The smallest absolute Gasteiger partial charge is 0.323 e. The van der Waals surface area contributed by atoms with Gasteiger partial charge in [-0.05, 0) is 33.7 Å². The van der Waals surface area contributed by atoms with Crippen molar-refractivity contribution in [1.29, 1.82) is 0 Å². The molecule has 0 radical (unpaired) electrons. The molecule has 3 nitrogen and oxygen atoms in total. The highest BCUT2D eigenvalue weighted by Gasteiger charge is 2.44. The third-order valence-electron chi connectivity index (χ3n) is 2.95. The number of carboxylic acid groups (broad SMARTS) is 1. The van der Waals surface area contributed by atoms with Crippen LogP contribution in [0.1, 0.15) is 26.7 Å². The highest BCUT2D eigenvalue weighted by Crippen LogP contribution is 2.31. The maximum Gasteiger partial charge on any atom is 0.323 e. The van der Waals surface area contributed by atoms with Gasteiger partial charge in [0.15, 0.2) is 0 Å². The first-order chi connectivity index (χ1) is 4.98. The molecular formula is C8H15NO2. The van der Waals surface area contributed by atoms with Crippen LogP contribution >= 0.6 is 0 Å². The quantitative estimate of drug-likeness (QED) is 0.616. The lowest BCUT2D eigenvalue weighted by molar-refractivity contribution is -0.148. The number of hydrogen-bond acceptors (Lipinski definition) is 2. The summed E-state index contributed by atoms with van der Waals surface area (Å²) in [5, 5.41) is 8.92. The number of rotatable bonds is 1. The summed E-state index contributed by atoms with van der Waals surface area (Å²) < 4.78 is 0. The Morgan fingerprint density at radius 2 is 2.27 bits per heavy atom. The molecule has 0 aliphatic carbocycles. The van der Waals surface area contributed by atoms with Gasteiger partial charge in [0, 0.05) is 6.04 Å². The first-order valence-corrected chi connectivity index (χ1v) is 3.95. The van der Waals surface area contributed by atoms with Crippen LogP contribution in [-0.4, -0.2) is 34.6 Å². The van der Waals surface area contributed by atoms with Gasteiger partial charge >= 0.3 is 5.97 Å². The first kappa shape index (κ1) is 8.53. The van der Waals surface area contributed by atoms with Crippen molar-refractivity contribution in [2.75, 3.05) is 7.05 Å². The molecule has 1 saturated heterocycles. The van der Waals surface area contributed by atoms with Crippen LogP contribution < -0.4 is 0 Å². The molecule has 0 aromatic carbocycles. The van der Waals surface area contributed by atoms with Crippen LogP contribution in [0.25, 0.3) is 0 Å². The zero-order valence-corrected chi connectivity index (χ0v) is 7.29. The summed E-state index contributed by atoms with van der Waals surface area (Å²) in [5.41, 5.74) is -0.626. The maximum absolute atomic E-state index is 10.8. The maximum atomic E-state index is 10.8. The molecule has 1 fully saturated rings. The average Bonchev–Trinajstić information content (AvgIpc) is 2.18. The van der Waals surface area contributed by atoms with E-state index in [-0.39, 0.29) is 0 Å². The molecule has 1 aliphatic rings. The van der Waals surface area contributed by atoms with E-state index in [9.17, 15) is 4.79 Å². The van der Waals surface area contributed by atoms with Crippen LogP contribution in [0.3, 0.4) is 0 Å². The van der Waals surface area contributed by atoms with Gasteiger partial charge in [0.25, 0.3) is 0 Å². The van der Waals surface area contributed by atoms with E-state index in [0.29, 0.717) is 6.04 Å². The molecule has 0 spiro atoms. The van der Waals surface area contributed by atoms with Crippen LogP contribution in [-0.2, 0) is 4.79 Å². The number of hydrogen-bond donors (Lipinski definition) is 1. The Kier molecular flexibility index (Phi) is 1.92. The van der Waals surface area contributed by atoms with Gasteiger partial charge < -0.3 is 5.11 Å². The van der Waals surface area contributed by atoms with Gasteiger partial charge in [-0.25, -0.2) is 0 Å². The Bertz CT molecular complexity index is 181. The average molecular weight is 157 g/mol. The molecule has 3 heteroatoms. The van der Waals surface area contributed by atoms with Crippen molar-refractivity contribution in [3.8, 4) is 0 Å². The highest BCUT2D eigenvalue weighted by atomic mass is 16.4. The van der Waals surface area contributed by atoms with E-state index in [2.05, 4.69) is 6.92 Å². The van der Waals surface area contributed by atoms with Crippen LogP contribution in [0.5, 0.6) is 0 Å². The Balaban J connectivity index is 2.81. The lowest BCUT2D eigenvalue weighted by Crippen LogP contribution is -2.47. The summed E-state index contributed by atoms with van der Waals surface area (Å²) in [5.74, 6) is -0.704. The third kappa shape index (κ3) is 1.13. The zero-order chi connectivity index (χ0) is 8.65. The minimum atomic E-state index is -0.704. The van der Waals surface area contributed by atoms with E-state index in [1.54, 1.807) is 6.92 Å². The van der Waals surface area contributed by atoms with Crippen LogP contribution in [0, 0.1) is 0 Å². The van der Waals surface area contributed by atoms with Gasteiger partial charge in [-0.3, -0.25) is 9.69 Å². The minimum Gasteiger partial charge on any atom is -0.480 e. The Morgan fingerprint density at radius 1 is 1.73 bits per heavy atom. The topological polar surface area (TPSA) is 40.5 Å². The second kappa shape index (κ2) is 2.48. The normalized spacial score (nSPS) is 39.4. The van der Waals surface area contributed by atoms with Gasteiger partial charge in [0.05, 0.1) is 0 Å². The number of nitrogens with zero attached hydrogens (tertiary/aromatic N) is 1. The fraction of sp³-hybridized carbons (Fsp3) is 0.875. The molecule has 1 rings (SSSR count). The predicted octanol–water partition coefficient (Wildman–Crippen LogP) is 0.944. The molecule has 1 heterocycles. The molecule has 0 amide bonds. The third-order valence-corrected chi connectivity index (χ3v) is 2.95. The van der Waals surface area contributed by atoms with Gasteiger partial charge in [-0.1, -0.05) is 0 Å². The molecular weight excluding hydrogens is 142 g/mol. The Morgan fingerprint density at radius 3 is 2.45 bits per heavy atom. The highest BCUT2D eigenvalue weighted by molar-refractivity contribution is 5.78. The summed E-state index contributed by atoms with van der Waals surface area (Å²) in [7, 11) is 1.88. The van der Waals surface area contributed by atoms with Crippen molar-refractivity contribution in [2.24, 2.45) is 0 Å². The lowest BCUT2D eigenvalue weighted by Gasteiger charge is -2.29. The molecule has 11 heavy (non-hydrogen) atoms. The van der Waals surface area contributed by atoms with Gasteiger partial charge in [0.1, 0.15) is 5.54 Å². The zero-order valence-electron chi connectivity index (χ0n) is 7.29. The summed E-state index contributed by atoms with van der Waals surface area (Å²) in [6, 6.07) is 0.399. The van der Waals surface area contributed by atoms with E-state index in [1.807, 2.05) is 11.9 Å². The molecule has 1 aliphatic heterocycles. The van der Waals surface area contributed by atoms with Crippen LogP contribution in [0.2, 0.25) is 0 Å². The fourth-order valence-corrected chi connectivity index (χ4v) is 1.60. The molecule has 64 valence electrons. The van der Waals surface area contributed by atoms with E-state index in [4.69, 9.17) is 5.11 Å². The second-order valence-electron chi connectivity index (χ2n) is 3.58. The monoisotopic (exact) mass is 157 g/mol. The summed E-state index contributed by atoms with van der Waals surface area (Å²) in [6.45, 7) is 3.85. The van der Waals surface area contributed by atoms with Crippen molar-refractivity contribution < 1.29 is 9.90 Å². The minimum absolute atomic E-state index is 0.399. The molecule has 1 N–H and O–H groups in total. The summed E-state index contributed by atoms with van der Waals surface area (Å²) in [4.78, 5) is 12.8. The van der Waals surface area contributed by atoms with Crippen molar-refractivity contribution in [2.45, 2.75) is 38.3 Å². The number of likely N-dealkylation sites (tertiary alicyclic amines) is 1. The number of aliphatic carboxylic acids is 1.